The number of hydrogen-bond acceptors (Lipinski definition) is 3. The number of carbonyl (C=O) groups is 1. The van der Waals surface area contributed by atoms with Crippen LogP contribution in [0.5, 0.6) is 11.5 Å². The molecule has 23 heavy (non-hydrogen) atoms. The molecule has 2 amide bonds. The lowest BCUT2D eigenvalue weighted by molar-refractivity contribution is 0.252. The Balaban J connectivity index is 1.88. The van der Waals surface area contributed by atoms with E-state index in [0.29, 0.717) is 35.2 Å². The maximum Gasteiger partial charge on any atom is 0.319 e. The van der Waals surface area contributed by atoms with E-state index in [1.54, 1.807) is 32.4 Å². The van der Waals surface area contributed by atoms with Crippen molar-refractivity contribution in [3.05, 3.63) is 53.1 Å². The van der Waals surface area contributed by atoms with E-state index in [-0.39, 0.29) is 6.03 Å². The van der Waals surface area contributed by atoms with Crippen molar-refractivity contribution in [2.75, 3.05) is 26.1 Å². The first-order valence-corrected chi connectivity index (χ1v) is 7.51. The summed E-state index contributed by atoms with van der Waals surface area (Å²) in [6.07, 6.45) is 0.661. The fourth-order valence-corrected chi connectivity index (χ4v) is 2.30. The van der Waals surface area contributed by atoms with E-state index >= 15 is 0 Å². The van der Waals surface area contributed by atoms with Crippen LogP contribution in [-0.4, -0.2) is 26.8 Å². The van der Waals surface area contributed by atoms with Gasteiger partial charge in [-0.3, -0.25) is 0 Å². The van der Waals surface area contributed by atoms with Crippen molar-refractivity contribution < 1.29 is 14.3 Å². The normalized spacial score (nSPS) is 10.0. The standard InChI is InChI=1S/C17H19ClN2O3/c1-22-14-9-13(10-15(11-14)23-2)20-17(21)19-8-7-12-5-3-4-6-16(12)18/h3-6,9-11H,7-8H2,1-2H3,(H2,19,20,21). The van der Waals surface area contributed by atoms with Gasteiger partial charge in [0.05, 0.1) is 14.2 Å². The van der Waals surface area contributed by atoms with Crippen LogP contribution < -0.4 is 20.1 Å². The molecule has 5 nitrogen and oxygen atoms in total. The average molecular weight is 335 g/mol. The summed E-state index contributed by atoms with van der Waals surface area (Å²) < 4.78 is 10.3. The molecule has 0 fully saturated rings. The molecule has 0 aliphatic carbocycles. The van der Waals surface area contributed by atoms with Crippen molar-refractivity contribution in [1.82, 2.24) is 5.32 Å². The minimum Gasteiger partial charge on any atom is -0.497 e. The molecule has 0 aromatic heterocycles. The first-order chi connectivity index (χ1) is 11.1. The van der Waals surface area contributed by atoms with Crippen LogP contribution in [0.2, 0.25) is 5.02 Å². The van der Waals surface area contributed by atoms with E-state index in [0.717, 1.165) is 5.56 Å². The number of methoxy groups -OCH3 is 2. The molecule has 0 radical (unpaired) electrons. The fraction of sp³-hybridized carbons (Fsp3) is 0.235. The number of benzene rings is 2. The van der Waals surface area contributed by atoms with Crippen molar-refractivity contribution in [3.63, 3.8) is 0 Å². The van der Waals surface area contributed by atoms with Crippen LogP contribution in [0.25, 0.3) is 0 Å². The number of ether oxygens (including phenoxy) is 2. The Morgan fingerprint density at radius 2 is 1.74 bits per heavy atom. The molecule has 0 spiro atoms. The lowest BCUT2D eigenvalue weighted by Gasteiger charge is -2.11. The Labute approximate surface area is 140 Å². The van der Waals surface area contributed by atoms with Crippen LogP contribution in [0, 0.1) is 0 Å². The van der Waals surface area contributed by atoms with E-state index in [9.17, 15) is 4.79 Å². The number of carbonyl (C=O) groups excluding carboxylic acids is 1. The van der Waals surface area contributed by atoms with Crippen LogP contribution in [0.1, 0.15) is 5.56 Å². The molecule has 0 saturated heterocycles. The number of halogens is 1. The summed E-state index contributed by atoms with van der Waals surface area (Å²) in [5, 5.41) is 6.24. The summed E-state index contributed by atoms with van der Waals surface area (Å²) in [5.74, 6) is 1.21. The number of hydrogen-bond donors (Lipinski definition) is 2. The summed E-state index contributed by atoms with van der Waals surface area (Å²) in [4.78, 5) is 12.0. The molecular weight excluding hydrogens is 316 g/mol. The van der Waals surface area contributed by atoms with Crippen LogP contribution in [-0.2, 0) is 6.42 Å². The second-order valence-electron chi connectivity index (χ2n) is 4.82. The van der Waals surface area contributed by atoms with Gasteiger partial charge in [-0.1, -0.05) is 29.8 Å². The summed E-state index contributed by atoms with van der Waals surface area (Å²) in [6, 6.07) is 12.4. The molecule has 0 saturated carbocycles. The minimum absolute atomic E-state index is 0.299. The SMILES string of the molecule is COc1cc(NC(=O)NCCc2ccccc2Cl)cc(OC)c1. The Kier molecular flexibility index (Phi) is 6.11. The molecule has 0 aliphatic heterocycles. The third-order valence-electron chi connectivity index (χ3n) is 3.25. The highest BCUT2D eigenvalue weighted by molar-refractivity contribution is 6.31. The predicted octanol–water partition coefficient (Wildman–Crippen LogP) is 3.72. The smallest absolute Gasteiger partial charge is 0.319 e. The molecule has 122 valence electrons. The highest BCUT2D eigenvalue weighted by atomic mass is 35.5. The summed E-state index contributed by atoms with van der Waals surface area (Å²) in [7, 11) is 3.12. The number of urea groups is 1. The molecule has 0 bridgehead atoms. The molecule has 0 unspecified atom stereocenters. The van der Waals surface area contributed by atoms with Crippen LogP contribution in [0.3, 0.4) is 0 Å². The molecule has 0 heterocycles. The van der Waals surface area contributed by atoms with E-state index < -0.39 is 0 Å². The van der Waals surface area contributed by atoms with E-state index in [1.165, 1.54) is 0 Å². The second-order valence-corrected chi connectivity index (χ2v) is 5.23. The van der Waals surface area contributed by atoms with Gasteiger partial charge in [-0.05, 0) is 18.1 Å². The van der Waals surface area contributed by atoms with Crippen LogP contribution in [0.15, 0.2) is 42.5 Å². The van der Waals surface area contributed by atoms with Crippen LogP contribution >= 0.6 is 11.6 Å². The summed E-state index contributed by atoms with van der Waals surface area (Å²) in [5.41, 5.74) is 1.59. The first-order valence-electron chi connectivity index (χ1n) is 7.13. The first kappa shape index (κ1) is 17.0. The van der Waals surface area contributed by atoms with Crippen molar-refractivity contribution in [1.29, 1.82) is 0 Å². The quantitative estimate of drug-likeness (QED) is 0.846. The van der Waals surface area contributed by atoms with Gasteiger partial charge in [-0.15, -0.1) is 0 Å². The largest absolute Gasteiger partial charge is 0.497 e. The number of anilines is 1. The maximum absolute atomic E-state index is 12.0. The highest BCUT2D eigenvalue weighted by Crippen LogP contribution is 2.25. The van der Waals surface area contributed by atoms with E-state index in [4.69, 9.17) is 21.1 Å². The zero-order valence-electron chi connectivity index (χ0n) is 13.1. The van der Waals surface area contributed by atoms with Crippen molar-refractivity contribution in [2.24, 2.45) is 0 Å². The third-order valence-corrected chi connectivity index (χ3v) is 3.62. The van der Waals surface area contributed by atoms with E-state index in [1.807, 2.05) is 24.3 Å². The van der Waals surface area contributed by atoms with Crippen LogP contribution in [0.4, 0.5) is 10.5 Å². The number of nitrogens with one attached hydrogen (secondary N) is 2. The Bertz CT molecular complexity index is 654. The highest BCUT2D eigenvalue weighted by Gasteiger charge is 2.06. The Hall–Kier alpha value is -2.40. The molecule has 6 heteroatoms. The summed E-state index contributed by atoms with van der Waals surface area (Å²) in [6.45, 7) is 0.483. The monoisotopic (exact) mass is 334 g/mol. The molecule has 0 aliphatic rings. The molecule has 2 aromatic carbocycles. The Morgan fingerprint density at radius 1 is 1.09 bits per heavy atom. The zero-order chi connectivity index (χ0) is 16.7. The molecule has 0 atom stereocenters. The number of amides is 2. The predicted molar refractivity (Wildman–Crippen MR) is 91.7 cm³/mol. The van der Waals surface area contributed by atoms with Gasteiger partial charge in [0.1, 0.15) is 11.5 Å². The lowest BCUT2D eigenvalue weighted by Crippen LogP contribution is -2.30. The lowest BCUT2D eigenvalue weighted by atomic mass is 10.1. The van der Waals surface area contributed by atoms with E-state index in [2.05, 4.69) is 10.6 Å². The minimum atomic E-state index is -0.299. The average Bonchev–Trinajstić information content (AvgIpc) is 2.56. The third kappa shape index (κ3) is 5.07. The van der Waals surface area contributed by atoms with Gasteiger partial charge in [0, 0.05) is 35.5 Å². The van der Waals surface area contributed by atoms with Gasteiger partial charge in [-0.25, -0.2) is 4.79 Å². The molecule has 2 aromatic rings. The molecular formula is C17H19ClN2O3. The fourth-order valence-electron chi connectivity index (χ4n) is 2.07. The van der Waals surface area contributed by atoms with Gasteiger partial charge in [0.25, 0.3) is 0 Å². The van der Waals surface area contributed by atoms with Crippen molar-refractivity contribution >= 4 is 23.3 Å². The molecule has 2 rings (SSSR count). The Morgan fingerprint density at radius 3 is 2.35 bits per heavy atom. The maximum atomic E-state index is 12.0. The van der Waals surface area contributed by atoms with Gasteiger partial charge < -0.3 is 20.1 Å². The van der Waals surface area contributed by atoms with Gasteiger partial charge >= 0.3 is 6.03 Å². The van der Waals surface area contributed by atoms with Gasteiger partial charge in [0.2, 0.25) is 0 Å². The van der Waals surface area contributed by atoms with Crippen molar-refractivity contribution in [3.8, 4) is 11.5 Å². The van der Waals surface area contributed by atoms with Gasteiger partial charge in [-0.2, -0.15) is 0 Å². The zero-order valence-corrected chi connectivity index (χ0v) is 13.8. The topological polar surface area (TPSA) is 59.6 Å². The van der Waals surface area contributed by atoms with Crippen molar-refractivity contribution in [2.45, 2.75) is 6.42 Å². The molecule has 2 N–H and O–H groups in total. The summed E-state index contributed by atoms with van der Waals surface area (Å²) >= 11 is 6.08. The number of rotatable bonds is 6. The van der Waals surface area contributed by atoms with Gasteiger partial charge in [0.15, 0.2) is 0 Å². The second kappa shape index (κ2) is 8.29.